The van der Waals surface area contributed by atoms with E-state index >= 15 is 0 Å². The molecule has 1 saturated heterocycles. The zero-order valence-electron chi connectivity index (χ0n) is 20.5. The first-order valence-corrected chi connectivity index (χ1v) is 12.8. The minimum atomic E-state index is -4.57. The van der Waals surface area contributed by atoms with Gasteiger partial charge < -0.3 is 4.74 Å². The fraction of sp³-hybridized carbons (Fsp3) is 0.267. The summed E-state index contributed by atoms with van der Waals surface area (Å²) < 4.78 is 45.8. The molecule has 39 heavy (non-hydrogen) atoms. The van der Waals surface area contributed by atoms with Crippen LogP contribution in [0.1, 0.15) is 23.1 Å². The summed E-state index contributed by atoms with van der Waals surface area (Å²) in [6.07, 6.45) is -4.31. The molecule has 3 aromatic rings. The molecular weight excluding hydrogens is 509 g/mol. The van der Waals surface area contributed by atoms with E-state index in [1.165, 1.54) is 12.1 Å². The van der Waals surface area contributed by atoms with Crippen LogP contribution in [0.5, 0.6) is 5.75 Å². The van der Waals surface area contributed by atoms with Crippen LogP contribution >= 0.6 is 0 Å². The Morgan fingerprint density at radius 1 is 0.923 bits per heavy atom. The smallest absolute Gasteiger partial charge is 0.416 e. The lowest BCUT2D eigenvalue weighted by Crippen LogP contribution is -2.35. The van der Waals surface area contributed by atoms with E-state index < -0.39 is 35.4 Å². The summed E-state index contributed by atoms with van der Waals surface area (Å²) in [6.45, 7) is 0.447. The van der Waals surface area contributed by atoms with Crippen LogP contribution in [-0.2, 0) is 27.2 Å². The first-order valence-electron chi connectivity index (χ1n) is 12.8. The summed E-state index contributed by atoms with van der Waals surface area (Å²) >= 11 is 0. The lowest BCUT2D eigenvalue weighted by Gasteiger charge is -2.26. The minimum absolute atomic E-state index is 0.0434. The van der Waals surface area contributed by atoms with E-state index in [0.717, 1.165) is 39.4 Å². The lowest BCUT2D eigenvalue weighted by molar-refractivity contribution is -0.137. The molecule has 2 amide bonds. The number of fused-ring (bicyclic) bond motifs is 8. The zero-order valence-corrected chi connectivity index (χ0v) is 20.5. The average Bonchev–Trinajstić information content (AvgIpc) is 3.68. The summed E-state index contributed by atoms with van der Waals surface area (Å²) in [6, 6.07) is 21.8. The molecule has 9 heteroatoms. The molecule has 0 spiro atoms. The third-order valence-electron chi connectivity index (χ3n) is 8.31. The molecule has 0 aromatic heterocycles. The van der Waals surface area contributed by atoms with Crippen LogP contribution in [0.2, 0.25) is 0 Å². The van der Waals surface area contributed by atoms with Crippen LogP contribution in [0.3, 0.4) is 0 Å². The van der Waals surface area contributed by atoms with Gasteiger partial charge in [0, 0.05) is 11.5 Å². The van der Waals surface area contributed by atoms with Crippen LogP contribution in [0.25, 0.3) is 5.70 Å². The number of nitrogens with zero attached hydrogens (tertiary/aromatic N) is 1. The Bertz CT molecular complexity index is 1500. The summed E-state index contributed by atoms with van der Waals surface area (Å²) in [4.78, 5) is 33.8. The van der Waals surface area contributed by atoms with Crippen molar-refractivity contribution >= 4 is 23.2 Å². The van der Waals surface area contributed by atoms with Gasteiger partial charge >= 0.3 is 6.18 Å². The highest BCUT2D eigenvalue weighted by Crippen LogP contribution is 2.62. The van der Waals surface area contributed by atoms with Gasteiger partial charge in [-0.25, -0.2) is 0 Å². The van der Waals surface area contributed by atoms with E-state index in [-0.39, 0.29) is 23.6 Å². The highest BCUT2D eigenvalue weighted by Gasteiger charge is 2.68. The fourth-order valence-electron chi connectivity index (χ4n) is 6.67. The SMILES string of the molecule is O=C1[C@H]2[C@@H]3C[C@@H](C4=C(c5ccc(OCc6ccccc6)cc5)NO[C@@H]43)[C@H]2C(=O)N1c1cccc(C(F)(F)F)c1. The van der Waals surface area contributed by atoms with Crippen molar-refractivity contribution in [2.75, 3.05) is 4.90 Å². The minimum Gasteiger partial charge on any atom is -0.489 e. The number of benzene rings is 3. The van der Waals surface area contributed by atoms with Gasteiger partial charge in [0.25, 0.3) is 0 Å². The standard InChI is InChI=1S/C30H23F3N2O4/c31-30(32,33)18-7-4-8-19(13-18)35-28(36)23-21-14-22(24(23)29(35)37)27-25(21)26(34-39-27)17-9-11-20(12-10-17)38-15-16-5-2-1-3-6-16/h1-13,21-24,27,34H,14-15H2/t21-,22+,23-,24+,27-/m1/s1. The number of alkyl halides is 3. The second-order valence-corrected chi connectivity index (χ2v) is 10.4. The molecule has 2 bridgehead atoms. The van der Waals surface area contributed by atoms with Crippen LogP contribution < -0.4 is 15.1 Å². The molecule has 3 aromatic carbocycles. The van der Waals surface area contributed by atoms with Crippen molar-refractivity contribution < 1.29 is 32.3 Å². The van der Waals surface area contributed by atoms with Crippen molar-refractivity contribution in [2.24, 2.45) is 23.7 Å². The molecule has 3 fully saturated rings. The van der Waals surface area contributed by atoms with E-state index in [2.05, 4.69) is 5.48 Å². The van der Waals surface area contributed by atoms with Crippen molar-refractivity contribution in [2.45, 2.75) is 25.3 Å². The second kappa shape index (κ2) is 8.71. The van der Waals surface area contributed by atoms with Gasteiger partial charge in [-0.3, -0.25) is 24.8 Å². The number of nitrogens with one attached hydrogen (secondary N) is 1. The number of halogens is 3. The maximum Gasteiger partial charge on any atom is 0.416 e. The Morgan fingerprint density at radius 2 is 1.67 bits per heavy atom. The van der Waals surface area contributed by atoms with Crippen molar-refractivity contribution in [3.63, 3.8) is 0 Å². The van der Waals surface area contributed by atoms with E-state index in [0.29, 0.717) is 18.8 Å². The molecule has 2 heterocycles. The average molecular weight is 533 g/mol. The topological polar surface area (TPSA) is 67.9 Å². The monoisotopic (exact) mass is 532 g/mol. The first-order chi connectivity index (χ1) is 18.8. The van der Waals surface area contributed by atoms with Crippen molar-refractivity contribution in [1.82, 2.24) is 5.48 Å². The van der Waals surface area contributed by atoms with Crippen LogP contribution in [0.15, 0.2) is 84.4 Å². The van der Waals surface area contributed by atoms with Crippen LogP contribution in [-0.4, -0.2) is 17.9 Å². The maximum absolute atomic E-state index is 13.5. The number of hydrogen-bond acceptors (Lipinski definition) is 5. The van der Waals surface area contributed by atoms with E-state index in [4.69, 9.17) is 9.57 Å². The van der Waals surface area contributed by atoms with Crippen LogP contribution in [0.4, 0.5) is 18.9 Å². The molecule has 0 unspecified atom stereocenters. The van der Waals surface area contributed by atoms with Crippen molar-refractivity contribution in [3.8, 4) is 5.75 Å². The predicted octanol–water partition coefficient (Wildman–Crippen LogP) is 5.35. The first kappa shape index (κ1) is 24.0. The van der Waals surface area contributed by atoms with Gasteiger partial charge in [0.1, 0.15) is 18.5 Å². The largest absolute Gasteiger partial charge is 0.489 e. The Hall–Kier alpha value is -4.11. The molecule has 198 valence electrons. The number of rotatable bonds is 5. The Kier molecular flexibility index (Phi) is 5.35. The summed E-state index contributed by atoms with van der Waals surface area (Å²) in [5, 5.41) is 0. The predicted molar refractivity (Wildman–Crippen MR) is 135 cm³/mol. The molecule has 1 N–H and O–H groups in total. The number of carbonyl (C=O) groups excluding carboxylic acids is 2. The summed E-state index contributed by atoms with van der Waals surface area (Å²) in [7, 11) is 0. The van der Waals surface area contributed by atoms with Crippen molar-refractivity contribution in [3.05, 3.63) is 101 Å². The number of anilines is 1. The van der Waals surface area contributed by atoms with Gasteiger partial charge in [-0.1, -0.05) is 36.4 Å². The van der Waals surface area contributed by atoms with Gasteiger partial charge in [-0.05, 0) is 65.9 Å². The normalized spacial score (nSPS) is 27.2. The molecule has 2 saturated carbocycles. The van der Waals surface area contributed by atoms with Gasteiger partial charge in [-0.15, -0.1) is 0 Å². The third kappa shape index (κ3) is 3.75. The molecule has 7 rings (SSSR count). The molecule has 2 aliphatic carbocycles. The quantitative estimate of drug-likeness (QED) is 0.449. The van der Waals surface area contributed by atoms with E-state index in [1.807, 2.05) is 54.6 Å². The van der Waals surface area contributed by atoms with Gasteiger partial charge in [0.15, 0.2) is 0 Å². The van der Waals surface area contributed by atoms with Gasteiger partial charge in [0.2, 0.25) is 11.8 Å². The highest BCUT2D eigenvalue weighted by molar-refractivity contribution is 6.23. The molecule has 0 radical (unpaired) electrons. The number of ether oxygens (including phenoxy) is 1. The Balaban J connectivity index is 1.15. The zero-order chi connectivity index (χ0) is 26.9. The van der Waals surface area contributed by atoms with Gasteiger partial charge in [0.05, 0.1) is 28.8 Å². The third-order valence-corrected chi connectivity index (χ3v) is 8.31. The number of amides is 2. The summed E-state index contributed by atoms with van der Waals surface area (Å²) in [5.41, 5.74) is 5.73. The highest BCUT2D eigenvalue weighted by atomic mass is 19.4. The molecule has 2 aliphatic heterocycles. The molecule has 4 aliphatic rings. The lowest BCUT2D eigenvalue weighted by atomic mass is 9.76. The Labute approximate surface area is 222 Å². The van der Waals surface area contributed by atoms with E-state index in [1.54, 1.807) is 0 Å². The van der Waals surface area contributed by atoms with Crippen LogP contribution in [0, 0.1) is 23.7 Å². The fourth-order valence-corrected chi connectivity index (χ4v) is 6.67. The Morgan fingerprint density at radius 3 is 2.41 bits per heavy atom. The molecule has 6 nitrogen and oxygen atoms in total. The number of carbonyl (C=O) groups is 2. The summed E-state index contributed by atoms with van der Waals surface area (Å²) in [5.74, 6) is -1.86. The maximum atomic E-state index is 13.5. The van der Waals surface area contributed by atoms with Crippen molar-refractivity contribution in [1.29, 1.82) is 0 Å². The molecule has 5 atom stereocenters. The number of hydrogen-bond donors (Lipinski definition) is 1. The molecular formula is C30H23F3N2O4. The number of hydroxylamine groups is 1. The second-order valence-electron chi connectivity index (χ2n) is 10.4. The van der Waals surface area contributed by atoms with E-state index in [9.17, 15) is 22.8 Å². The van der Waals surface area contributed by atoms with Gasteiger partial charge in [-0.2, -0.15) is 13.2 Å². The number of imide groups is 1.